The highest BCUT2D eigenvalue weighted by Crippen LogP contribution is 2.31. The van der Waals surface area contributed by atoms with Gasteiger partial charge < -0.3 is 0 Å². The van der Waals surface area contributed by atoms with Gasteiger partial charge in [0.1, 0.15) is 0 Å². The number of hydrogen-bond donors (Lipinski definition) is 0. The Morgan fingerprint density at radius 3 is 1.64 bits per heavy atom. The maximum atomic E-state index is 4.94. The molecule has 0 aliphatic heterocycles. The topological polar surface area (TPSA) is 25.8 Å². The molecule has 0 saturated carbocycles. The van der Waals surface area contributed by atoms with Gasteiger partial charge in [-0.15, -0.1) is 0 Å². The smallest absolute Gasteiger partial charge is 0.161 e. The fourth-order valence-electron chi connectivity index (χ4n) is 3.50. The molecule has 0 saturated heterocycles. The summed E-state index contributed by atoms with van der Waals surface area (Å²) in [4.78, 5) is 9.88. The molecule has 0 amide bonds. The predicted molar refractivity (Wildman–Crippen MR) is 116 cm³/mol. The van der Waals surface area contributed by atoms with Crippen LogP contribution in [0.2, 0.25) is 0 Å². The van der Waals surface area contributed by atoms with E-state index in [9.17, 15) is 0 Å². The van der Waals surface area contributed by atoms with E-state index < -0.39 is 0 Å². The molecular formula is C26H18N2. The van der Waals surface area contributed by atoms with Gasteiger partial charge in [0.25, 0.3) is 0 Å². The quantitative estimate of drug-likeness (QED) is 0.362. The largest absolute Gasteiger partial charge is 0.228 e. The summed E-state index contributed by atoms with van der Waals surface area (Å²) in [5, 5.41) is 2.35. The van der Waals surface area contributed by atoms with Crippen molar-refractivity contribution in [3.63, 3.8) is 0 Å². The average molecular weight is 358 g/mol. The summed E-state index contributed by atoms with van der Waals surface area (Å²) < 4.78 is 0. The second-order valence-electron chi connectivity index (χ2n) is 6.72. The van der Waals surface area contributed by atoms with Gasteiger partial charge in [0.15, 0.2) is 5.82 Å². The molecule has 5 rings (SSSR count). The van der Waals surface area contributed by atoms with Gasteiger partial charge in [-0.25, -0.2) is 9.97 Å². The van der Waals surface area contributed by atoms with Crippen LogP contribution in [-0.4, -0.2) is 9.97 Å². The van der Waals surface area contributed by atoms with Crippen LogP contribution >= 0.6 is 0 Å². The van der Waals surface area contributed by atoms with Crippen molar-refractivity contribution in [2.24, 2.45) is 0 Å². The van der Waals surface area contributed by atoms with E-state index >= 15 is 0 Å². The first-order valence-corrected chi connectivity index (χ1v) is 9.36. The first-order chi connectivity index (χ1) is 13.9. The summed E-state index contributed by atoms with van der Waals surface area (Å²) >= 11 is 0. The zero-order valence-corrected chi connectivity index (χ0v) is 15.3. The molecule has 0 fully saturated rings. The maximum absolute atomic E-state index is 4.94. The van der Waals surface area contributed by atoms with Gasteiger partial charge in [0.2, 0.25) is 0 Å². The third kappa shape index (κ3) is 3.06. The molecule has 0 atom stereocenters. The van der Waals surface area contributed by atoms with Crippen LogP contribution < -0.4 is 0 Å². The number of benzene rings is 4. The number of aromatic nitrogens is 2. The Balaban J connectivity index is 1.78. The summed E-state index contributed by atoms with van der Waals surface area (Å²) in [5.74, 6) is 0.747. The minimum Gasteiger partial charge on any atom is -0.228 e. The van der Waals surface area contributed by atoms with Crippen molar-refractivity contribution in [3.8, 4) is 33.9 Å². The second-order valence-corrected chi connectivity index (χ2v) is 6.72. The van der Waals surface area contributed by atoms with Crippen LogP contribution in [0, 0.1) is 0 Å². The number of fused-ring (bicyclic) bond motifs is 1. The molecule has 0 aliphatic carbocycles. The first-order valence-electron chi connectivity index (χ1n) is 9.36. The SMILES string of the molecule is c1ccc(-c2cc(-c3ccccc3)nc(-c3cccc4ccccc34)n2)cc1. The first kappa shape index (κ1) is 16.4. The third-order valence-corrected chi connectivity index (χ3v) is 4.90. The van der Waals surface area contributed by atoms with Gasteiger partial charge in [-0.3, -0.25) is 0 Å². The fraction of sp³-hybridized carbons (Fsp3) is 0. The van der Waals surface area contributed by atoms with Crippen LogP contribution in [0.3, 0.4) is 0 Å². The van der Waals surface area contributed by atoms with E-state index in [0.29, 0.717) is 0 Å². The second kappa shape index (κ2) is 7.09. The summed E-state index contributed by atoms with van der Waals surface area (Å²) in [7, 11) is 0. The van der Waals surface area contributed by atoms with Gasteiger partial charge in [0.05, 0.1) is 11.4 Å². The van der Waals surface area contributed by atoms with Gasteiger partial charge in [-0.2, -0.15) is 0 Å². The van der Waals surface area contributed by atoms with E-state index in [4.69, 9.17) is 9.97 Å². The Morgan fingerprint density at radius 1 is 0.464 bits per heavy atom. The van der Waals surface area contributed by atoms with Crippen molar-refractivity contribution in [3.05, 3.63) is 109 Å². The van der Waals surface area contributed by atoms with E-state index in [2.05, 4.69) is 72.8 Å². The highest BCUT2D eigenvalue weighted by molar-refractivity contribution is 5.95. The summed E-state index contributed by atoms with van der Waals surface area (Å²) in [6.45, 7) is 0. The number of hydrogen-bond acceptors (Lipinski definition) is 2. The van der Waals surface area contributed by atoms with Crippen molar-refractivity contribution >= 4 is 10.8 Å². The van der Waals surface area contributed by atoms with Crippen LogP contribution in [0.15, 0.2) is 109 Å². The van der Waals surface area contributed by atoms with Crippen molar-refractivity contribution in [2.75, 3.05) is 0 Å². The highest BCUT2D eigenvalue weighted by Gasteiger charge is 2.12. The Hall–Kier alpha value is -3.78. The molecule has 0 spiro atoms. The maximum Gasteiger partial charge on any atom is 0.161 e. The molecule has 0 bridgehead atoms. The minimum absolute atomic E-state index is 0.747. The molecule has 28 heavy (non-hydrogen) atoms. The number of rotatable bonds is 3. The van der Waals surface area contributed by atoms with E-state index in [0.717, 1.165) is 39.3 Å². The Kier molecular flexibility index (Phi) is 4.15. The monoisotopic (exact) mass is 358 g/mol. The molecule has 4 aromatic carbocycles. The molecule has 5 aromatic rings. The molecule has 132 valence electrons. The molecule has 0 radical (unpaired) electrons. The Morgan fingerprint density at radius 2 is 1.00 bits per heavy atom. The van der Waals surface area contributed by atoms with Gasteiger partial charge in [-0.05, 0) is 16.8 Å². The van der Waals surface area contributed by atoms with Gasteiger partial charge in [-0.1, -0.05) is 103 Å². The van der Waals surface area contributed by atoms with Crippen molar-refractivity contribution in [1.29, 1.82) is 0 Å². The molecule has 0 unspecified atom stereocenters. The van der Waals surface area contributed by atoms with Gasteiger partial charge in [0, 0.05) is 16.7 Å². The standard InChI is InChI=1S/C26H18N2/c1-3-11-20(12-4-1)24-18-25(21-13-5-2-6-14-21)28-26(27-24)23-17-9-15-19-10-7-8-16-22(19)23/h1-18H. The summed E-state index contributed by atoms with van der Waals surface area (Å²) in [6.07, 6.45) is 0. The summed E-state index contributed by atoms with van der Waals surface area (Å²) in [6, 6.07) is 37.3. The van der Waals surface area contributed by atoms with Crippen LogP contribution in [-0.2, 0) is 0 Å². The summed E-state index contributed by atoms with van der Waals surface area (Å²) in [5.41, 5.74) is 5.08. The molecule has 2 nitrogen and oxygen atoms in total. The molecule has 0 aliphatic rings. The van der Waals surface area contributed by atoms with E-state index in [1.54, 1.807) is 0 Å². The van der Waals surface area contributed by atoms with Crippen molar-refractivity contribution in [1.82, 2.24) is 9.97 Å². The van der Waals surface area contributed by atoms with Crippen molar-refractivity contribution in [2.45, 2.75) is 0 Å². The van der Waals surface area contributed by atoms with Crippen LogP contribution in [0.5, 0.6) is 0 Å². The lowest BCUT2D eigenvalue weighted by Crippen LogP contribution is -1.96. The van der Waals surface area contributed by atoms with Crippen LogP contribution in [0.1, 0.15) is 0 Å². The van der Waals surface area contributed by atoms with Crippen LogP contribution in [0.4, 0.5) is 0 Å². The van der Waals surface area contributed by atoms with Gasteiger partial charge >= 0.3 is 0 Å². The fourth-order valence-corrected chi connectivity index (χ4v) is 3.50. The highest BCUT2D eigenvalue weighted by atomic mass is 14.9. The zero-order valence-electron chi connectivity index (χ0n) is 15.3. The third-order valence-electron chi connectivity index (χ3n) is 4.90. The molecule has 0 N–H and O–H groups in total. The zero-order chi connectivity index (χ0) is 18.8. The minimum atomic E-state index is 0.747. The molecule has 1 aromatic heterocycles. The van der Waals surface area contributed by atoms with E-state index in [1.807, 2.05) is 36.4 Å². The Bertz CT molecular complexity index is 1180. The molecule has 2 heteroatoms. The lowest BCUT2D eigenvalue weighted by Gasteiger charge is -2.11. The van der Waals surface area contributed by atoms with E-state index in [-0.39, 0.29) is 0 Å². The number of nitrogens with zero attached hydrogens (tertiary/aromatic N) is 2. The lowest BCUT2D eigenvalue weighted by atomic mass is 10.0. The van der Waals surface area contributed by atoms with Crippen molar-refractivity contribution < 1.29 is 0 Å². The van der Waals surface area contributed by atoms with E-state index in [1.165, 1.54) is 5.39 Å². The normalized spacial score (nSPS) is 10.9. The van der Waals surface area contributed by atoms with Crippen LogP contribution in [0.25, 0.3) is 44.7 Å². The predicted octanol–water partition coefficient (Wildman–Crippen LogP) is 6.63. The molecule has 1 heterocycles. The lowest BCUT2D eigenvalue weighted by molar-refractivity contribution is 1.19. The average Bonchev–Trinajstić information content (AvgIpc) is 2.79. The molecular weight excluding hydrogens is 340 g/mol. The Labute approximate surface area is 164 Å².